The minimum absolute atomic E-state index is 0.199. The Labute approximate surface area is 227 Å². The van der Waals surface area contributed by atoms with Crippen molar-refractivity contribution in [1.29, 1.82) is 0 Å². The number of rotatable bonds is 8. The van der Waals surface area contributed by atoms with Gasteiger partial charge in [-0.05, 0) is 87.8 Å². The van der Waals surface area contributed by atoms with Gasteiger partial charge < -0.3 is 23.6 Å². The number of anilines is 1. The molecule has 39 heavy (non-hydrogen) atoms. The first-order valence-corrected chi connectivity index (χ1v) is 14.2. The van der Waals surface area contributed by atoms with E-state index in [0.717, 1.165) is 56.4 Å². The van der Waals surface area contributed by atoms with Crippen molar-refractivity contribution >= 4 is 22.7 Å². The lowest BCUT2D eigenvalue weighted by atomic mass is 9.69. The van der Waals surface area contributed by atoms with Crippen LogP contribution in [0.4, 0.5) is 14.9 Å². The number of benzene rings is 2. The summed E-state index contributed by atoms with van der Waals surface area (Å²) in [6, 6.07) is 9.99. The third-order valence-electron chi connectivity index (χ3n) is 8.79. The molecular formula is C30H36FN3O5. The van der Waals surface area contributed by atoms with Crippen LogP contribution in [0.5, 0.6) is 11.5 Å². The molecule has 2 aliphatic heterocycles. The van der Waals surface area contributed by atoms with Gasteiger partial charge in [0, 0.05) is 29.1 Å². The molecule has 0 bridgehead atoms. The molecule has 9 heteroatoms. The van der Waals surface area contributed by atoms with E-state index in [1.165, 1.54) is 44.2 Å². The minimum Gasteiger partial charge on any atom is -0.454 e. The third kappa shape index (κ3) is 5.98. The van der Waals surface area contributed by atoms with Gasteiger partial charge in [0.15, 0.2) is 17.1 Å². The van der Waals surface area contributed by atoms with Gasteiger partial charge in [-0.2, -0.15) is 0 Å². The number of aromatic nitrogens is 1. The summed E-state index contributed by atoms with van der Waals surface area (Å²) in [5.41, 5.74) is 2.34. The van der Waals surface area contributed by atoms with E-state index >= 15 is 0 Å². The summed E-state index contributed by atoms with van der Waals surface area (Å²) >= 11 is 0. The topological polar surface area (TPSA) is 86.1 Å². The highest BCUT2D eigenvalue weighted by molar-refractivity contribution is 5.85. The first kappa shape index (κ1) is 25.9. The maximum Gasteiger partial charge on any atom is 0.411 e. The third-order valence-corrected chi connectivity index (χ3v) is 8.79. The quantitative estimate of drug-likeness (QED) is 0.336. The van der Waals surface area contributed by atoms with Crippen LogP contribution in [0.2, 0.25) is 0 Å². The number of carbonyl (C=O) groups excluding carboxylic acids is 1. The monoisotopic (exact) mass is 537 g/mol. The number of nitrogens with zero attached hydrogens (tertiary/aromatic N) is 2. The van der Waals surface area contributed by atoms with Crippen molar-refractivity contribution < 1.29 is 27.9 Å². The molecule has 3 aromatic rings. The Balaban J connectivity index is 0.977. The molecule has 208 valence electrons. The summed E-state index contributed by atoms with van der Waals surface area (Å²) in [5.74, 6) is 1.35. The van der Waals surface area contributed by atoms with Crippen LogP contribution in [0, 0.1) is 11.2 Å². The molecule has 3 aliphatic rings. The van der Waals surface area contributed by atoms with Crippen molar-refractivity contribution in [2.75, 3.05) is 38.4 Å². The number of likely N-dealkylation sites (tertiary alicyclic amines) is 1. The van der Waals surface area contributed by atoms with Crippen LogP contribution in [0.3, 0.4) is 0 Å². The highest BCUT2D eigenvalue weighted by atomic mass is 19.1. The molecule has 8 nitrogen and oxygen atoms in total. The fourth-order valence-corrected chi connectivity index (χ4v) is 6.47. The van der Waals surface area contributed by atoms with E-state index in [2.05, 4.69) is 15.4 Å². The second-order valence-electron chi connectivity index (χ2n) is 11.2. The summed E-state index contributed by atoms with van der Waals surface area (Å²) < 4.78 is 35.2. The molecule has 1 aromatic heterocycles. The molecule has 3 heterocycles. The number of fused-ring (bicyclic) bond motifs is 2. The number of carbonyl (C=O) groups is 1. The molecule has 1 saturated heterocycles. The summed E-state index contributed by atoms with van der Waals surface area (Å²) in [5, 5.41) is 8.02. The van der Waals surface area contributed by atoms with Gasteiger partial charge in [0.2, 0.25) is 6.79 Å². The van der Waals surface area contributed by atoms with Gasteiger partial charge in [-0.3, -0.25) is 5.32 Å². The van der Waals surface area contributed by atoms with E-state index in [4.69, 9.17) is 18.7 Å². The summed E-state index contributed by atoms with van der Waals surface area (Å²) in [7, 11) is 0. The van der Waals surface area contributed by atoms with Crippen LogP contribution in [0.15, 0.2) is 40.9 Å². The molecule has 2 aromatic carbocycles. The maximum atomic E-state index is 13.5. The fourth-order valence-electron chi connectivity index (χ4n) is 6.47. The number of hydrogen-bond acceptors (Lipinski definition) is 7. The number of amides is 1. The Kier molecular flexibility index (Phi) is 7.59. The average molecular weight is 538 g/mol. The van der Waals surface area contributed by atoms with Gasteiger partial charge in [-0.1, -0.05) is 24.4 Å². The molecule has 0 unspecified atom stereocenters. The minimum atomic E-state index is -0.440. The molecule has 1 N–H and O–H groups in total. The first-order chi connectivity index (χ1) is 19.1. The number of hydrogen-bond donors (Lipinski definition) is 1. The Morgan fingerprint density at radius 2 is 1.87 bits per heavy atom. The van der Waals surface area contributed by atoms with Crippen molar-refractivity contribution in [2.45, 2.75) is 63.7 Å². The molecule has 1 amide bonds. The van der Waals surface area contributed by atoms with Crippen LogP contribution < -0.4 is 14.8 Å². The summed E-state index contributed by atoms with van der Waals surface area (Å²) in [6.45, 7) is 3.71. The normalized spacial score (nSPS) is 19.3. The Morgan fingerprint density at radius 3 is 2.72 bits per heavy atom. The van der Waals surface area contributed by atoms with Crippen LogP contribution in [0.1, 0.15) is 69.4 Å². The van der Waals surface area contributed by atoms with Gasteiger partial charge in [-0.25, -0.2) is 9.18 Å². The number of halogens is 1. The second-order valence-corrected chi connectivity index (χ2v) is 11.2. The largest absolute Gasteiger partial charge is 0.454 e. The van der Waals surface area contributed by atoms with E-state index in [1.54, 1.807) is 24.3 Å². The number of piperidine rings is 1. The molecule has 0 atom stereocenters. The van der Waals surface area contributed by atoms with Crippen LogP contribution in [0.25, 0.3) is 11.0 Å². The Morgan fingerprint density at radius 1 is 1.05 bits per heavy atom. The zero-order valence-electron chi connectivity index (χ0n) is 22.3. The van der Waals surface area contributed by atoms with E-state index in [0.29, 0.717) is 35.3 Å². The molecule has 0 radical (unpaired) electrons. The predicted octanol–water partition coefficient (Wildman–Crippen LogP) is 6.85. The number of ether oxygens (including phenoxy) is 3. The SMILES string of the molecule is O=C(Nc1ccc2c(c1)OCO2)OCCC1(CCN2CCC(c3noc4cc(F)ccc34)CC2)CCCCC1. The van der Waals surface area contributed by atoms with Crippen LogP contribution in [-0.2, 0) is 4.74 Å². The zero-order valence-corrected chi connectivity index (χ0v) is 22.3. The molecule has 2 fully saturated rings. The highest BCUT2D eigenvalue weighted by Gasteiger charge is 2.33. The second kappa shape index (κ2) is 11.4. The van der Waals surface area contributed by atoms with E-state index in [9.17, 15) is 9.18 Å². The van der Waals surface area contributed by atoms with Crippen LogP contribution in [-0.4, -0.2) is 49.2 Å². The fraction of sp³-hybridized carbons (Fsp3) is 0.533. The standard InChI is InChI=1S/C30H36FN3O5/c31-22-4-6-24-26(18-22)39-33-28(24)21-8-14-34(15-9-21)16-12-30(10-2-1-3-11-30)13-17-36-29(35)32-23-5-7-25-27(19-23)38-20-37-25/h4-7,18-19,21H,1-3,8-17,20H2,(H,32,35). The Bertz CT molecular complexity index is 1300. The van der Waals surface area contributed by atoms with E-state index in [1.807, 2.05) is 0 Å². The number of nitrogens with one attached hydrogen (secondary N) is 1. The summed E-state index contributed by atoms with van der Waals surface area (Å²) in [4.78, 5) is 15.0. The molecule has 0 spiro atoms. The van der Waals surface area contributed by atoms with Crippen molar-refractivity contribution in [3.8, 4) is 11.5 Å². The molecule has 1 saturated carbocycles. The van der Waals surface area contributed by atoms with Gasteiger partial charge in [0.1, 0.15) is 5.82 Å². The van der Waals surface area contributed by atoms with Gasteiger partial charge >= 0.3 is 6.09 Å². The lowest BCUT2D eigenvalue weighted by Crippen LogP contribution is -2.37. The zero-order chi connectivity index (χ0) is 26.7. The van der Waals surface area contributed by atoms with Gasteiger partial charge in [0.25, 0.3) is 0 Å². The molecule has 1 aliphatic carbocycles. The van der Waals surface area contributed by atoms with Crippen molar-refractivity contribution in [3.63, 3.8) is 0 Å². The maximum absolute atomic E-state index is 13.5. The van der Waals surface area contributed by atoms with Crippen molar-refractivity contribution in [1.82, 2.24) is 10.1 Å². The first-order valence-electron chi connectivity index (χ1n) is 14.2. The lowest BCUT2D eigenvalue weighted by molar-refractivity contribution is 0.0832. The predicted molar refractivity (Wildman–Crippen MR) is 145 cm³/mol. The molecular weight excluding hydrogens is 501 g/mol. The van der Waals surface area contributed by atoms with Crippen molar-refractivity contribution in [2.24, 2.45) is 5.41 Å². The molecule has 6 rings (SSSR count). The lowest BCUT2D eigenvalue weighted by Gasteiger charge is -2.40. The van der Waals surface area contributed by atoms with Crippen molar-refractivity contribution in [3.05, 3.63) is 47.9 Å². The summed E-state index contributed by atoms with van der Waals surface area (Å²) in [6.07, 6.45) is 9.77. The Hall–Kier alpha value is -3.33. The van der Waals surface area contributed by atoms with E-state index in [-0.39, 0.29) is 18.0 Å². The van der Waals surface area contributed by atoms with E-state index < -0.39 is 6.09 Å². The van der Waals surface area contributed by atoms with Gasteiger partial charge in [-0.15, -0.1) is 0 Å². The smallest absolute Gasteiger partial charge is 0.411 e. The highest BCUT2D eigenvalue weighted by Crippen LogP contribution is 2.43. The van der Waals surface area contributed by atoms with Gasteiger partial charge in [0.05, 0.1) is 12.3 Å². The van der Waals surface area contributed by atoms with Crippen LogP contribution >= 0.6 is 0 Å². The average Bonchev–Trinajstić information content (AvgIpc) is 3.59.